The number of carbonyl (C=O) groups is 8. The summed E-state index contributed by atoms with van der Waals surface area (Å²) in [5, 5.41) is 58.6. The number of rotatable bonds is 17. The number of nitrogens with one attached hydrogen (secondary N) is 6. The number of aromatic hydroxyl groups is 4. The van der Waals surface area contributed by atoms with E-state index in [4.69, 9.17) is 60.6 Å². The van der Waals surface area contributed by atoms with E-state index >= 15 is 14.4 Å². The number of benzene rings is 6. The molecule has 6 atom stereocenters. The number of carbonyl (C=O) groups excluding carboxylic acids is 8. The molecule has 0 saturated heterocycles. The lowest BCUT2D eigenvalue weighted by Gasteiger charge is -2.33. The number of alkyl carbamates (subject to hydrolysis) is 1. The Hall–Kier alpha value is -8.70. The predicted octanol–water partition coefficient (Wildman–Crippen LogP) is 11.9. The van der Waals surface area contributed by atoms with Crippen molar-refractivity contribution in [3.05, 3.63) is 156 Å². The Bertz CT molecular complexity index is 3960. The first-order chi connectivity index (χ1) is 44.8. The van der Waals surface area contributed by atoms with Crippen molar-refractivity contribution in [1.29, 1.82) is 0 Å². The Kier molecular flexibility index (Phi) is 24.6. The van der Waals surface area contributed by atoms with Crippen LogP contribution in [0.15, 0.2) is 108 Å². The fourth-order valence-corrected chi connectivity index (χ4v) is 14.1. The number of halogens is 5. The van der Waals surface area contributed by atoms with Crippen LogP contribution < -0.4 is 36.6 Å². The minimum Gasteiger partial charge on any atom is -0.508 e. The van der Waals surface area contributed by atoms with E-state index in [9.17, 15) is 44.4 Å². The van der Waals surface area contributed by atoms with Crippen LogP contribution in [0.25, 0.3) is 11.1 Å². The standard InChI is InChI=1S/C67H70BrCl4N7O15Si/c1-10-95(11-2,12-3)25-13-14-49(74-66(91)94-67(5,6)7)60(85)75-54(39-28-45(69)58(83)46(70)29-39)62(87)76-53-38-27-43(37-19-24-44(68)50(32-37)73-34(4)80)57(82)52(33-38)93-42-22-15-35(16-23-42)26-51(61(86)78-56(65(90)92-9)36-17-20-41(81)21-18-36)79(8)64(89)55(77-63(53)88)40-30-47(71)59(84)48(72)31-40/h15-24,27-33,49,51,53-56,81-84H,10-12,14,26H2,1-9H3,(H,73,80)(H,74,91)(H,75,85)(H,76,87)(H,77,88)(H,78,86)/t49-,51+,53?,54-,55?,56-/m1/s1. The highest BCUT2D eigenvalue weighted by atomic mass is 79.9. The van der Waals surface area contributed by atoms with Crippen LogP contribution in [0.1, 0.15) is 107 Å². The van der Waals surface area contributed by atoms with E-state index in [0.29, 0.717) is 10.0 Å². The van der Waals surface area contributed by atoms with Crippen molar-refractivity contribution >= 4 is 124 Å². The summed E-state index contributed by atoms with van der Waals surface area (Å²) in [6, 6.07) is 14.8. The van der Waals surface area contributed by atoms with Crippen molar-refractivity contribution in [1.82, 2.24) is 31.5 Å². The lowest BCUT2D eigenvalue weighted by molar-refractivity contribution is -0.147. The fourth-order valence-electron chi connectivity index (χ4n) is 10.3. The first kappa shape index (κ1) is 73.7. The lowest BCUT2D eigenvalue weighted by Crippen LogP contribution is -2.54. The molecule has 7 amide bonds. The number of esters is 1. The molecule has 2 heterocycles. The van der Waals surface area contributed by atoms with Gasteiger partial charge in [-0.1, -0.05) is 97.5 Å². The third-order valence-electron chi connectivity index (χ3n) is 15.7. The van der Waals surface area contributed by atoms with Gasteiger partial charge >= 0.3 is 12.1 Å². The van der Waals surface area contributed by atoms with Gasteiger partial charge in [0.15, 0.2) is 29.0 Å². The Morgan fingerprint density at radius 2 is 1.35 bits per heavy atom. The lowest BCUT2D eigenvalue weighted by atomic mass is 9.95. The molecular weight excluding hydrogens is 1390 g/mol. The molecule has 0 aliphatic carbocycles. The molecule has 0 aromatic heterocycles. The number of anilines is 1. The second kappa shape index (κ2) is 31.7. The summed E-state index contributed by atoms with van der Waals surface area (Å²) >= 11 is 29.6. The first-order valence-electron chi connectivity index (χ1n) is 29.7. The monoisotopic (exact) mass is 1460 g/mol. The van der Waals surface area contributed by atoms with Gasteiger partial charge in [-0.25, -0.2) is 9.59 Å². The van der Waals surface area contributed by atoms with Crippen molar-refractivity contribution in [3.63, 3.8) is 0 Å². The van der Waals surface area contributed by atoms with Gasteiger partial charge in [-0.2, -0.15) is 0 Å². The number of fused-ring (bicyclic) bond motifs is 9. The molecule has 4 bridgehead atoms. The second-order valence-corrected chi connectivity index (χ2v) is 30.7. The highest BCUT2D eigenvalue weighted by Crippen LogP contribution is 2.45. The van der Waals surface area contributed by atoms with E-state index in [0.717, 1.165) is 54.4 Å². The van der Waals surface area contributed by atoms with Crippen LogP contribution in [-0.4, -0.2) is 113 Å². The highest BCUT2D eigenvalue weighted by Gasteiger charge is 2.40. The van der Waals surface area contributed by atoms with Gasteiger partial charge in [0.25, 0.3) is 0 Å². The van der Waals surface area contributed by atoms with E-state index in [2.05, 4.69) is 59.3 Å². The van der Waals surface area contributed by atoms with Crippen LogP contribution >= 0.6 is 62.3 Å². The molecule has 2 aliphatic rings. The molecule has 0 saturated carbocycles. The molecule has 95 heavy (non-hydrogen) atoms. The van der Waals surface area contributed by atoms with Gasteiger partial charge < -0.3 is 71.4 Å². The summed E-state index contributed by atoms with van der Waals surface area (Å²) in [6.07, 6.45) is -1.58. The number of hydrogen-bond donors (Lipinski definition) is 10. The normalized spacial score (nSPS) is 15.9. The first-order valence-corrected chi connectivity index (χ1v) is 34.6. The summed E-state index contributed by atoms with van der Waals surface area (Å²) in [5.74, 6) is -5.86. The van der Waals surface area contributed by atoms with E-state index < -0.39 is 125 Å². The molecule has 22 nitrogen and oxygen atoms in total. The van der Waals surface area contributed by atoms with Gasteiger partial charge in [0.1, 0.15) is 55.4 Å². The number of phenolic OH excluding ortho intramolecular Hbond substituents is 4. The average Bonchev–Trinajstić information content (AvgIpc) is 0.787. The van der Waals surface area contributed by atoms with Crippen molar-refractivity contribution in [3.8, 4) is 57.1 Å². The zero-order valence-corrected chi connectivity index (χ0v) is 58.5. The molecular formula is C67H70BrCl4N7O15Si. The van der Waals surface area contributed by atoms with Gasteiger partial charge in [0, 0.05) is 36.8 Å². The molecule has 28 heteroatoms. The average molecular weight is 1460 g/mol. The Labute approximate surface area is 577 Å². The second-order valence-electron chi connectivity index (χ2n) is 23.3. The largest absolute Gasteiger partial charge is 0.508 e. The number of likely N-dealkylation sites (N-methyl/N-ethyl adjacent to an activating group) is 1. The third-order valence-corrected chi connectivity index (χ3v) is 22.4. The summed E-state index contributed by atoms with van der Waals surface area (Å²) < 4.78 is 17.5. The Morgan fingerprint density at radius 3 is 1.92 bits per heavy atom. The van der Waals surface area contributed by atoms with Crippen LogP contribution in [-0.2, 0) is 49.5 Å². The molecule has 0 fully saturated rings. The molecule has 10 N–H and O–H groups in total. The van der Waals surface area contributed by atoms with Gasteiger partial charge in [0.05, 0.1) is 32.9 Å². The van der Waals surface area contributed by atoms with Gasteiger partial charge in [0.2, 0.25) is 35.4 Å². The zero-order chi connectivity index (χ0) is 70.0. The molecule has 2 unspecified atom stereocenters. The Morgan fingerprint density at radius 1 is 0.747 bits per heavy atom. The predicted molar refractivity (Wildman–Crippen MR) is 365 cm³/mol. The zero-order valence-electron chi connectivity index (χ0n) is 52.9. The van der Waals surface area contributed by atoms with E-state index in [1.165, 1.54) is 68.6 Å². The summed E-state index contributed by atoms with van der Waals surface area (Å²) in [5.41, 5.74) is 2.80. The molecule has 6 aromatic rings. The van der Waals surface area contributed by atoms with Gasteiger partial charge in [-0.15, -0.1) is 11.5 Å². The fraction of sp³-hybridized carbons (Fsp3) is 0.313. The van der Waals surface area contributed by atoms with Gasteiger partial charge in [-0.3, -0.25) is 28.8 Å². The van der Waals surface area contributed by atoms with Crippen molar-refractivity contribution in [2.24, 2.45) is 0 Å². The smallest absolute Gasteiger partial charge is 0.408 e. The van der Waals surface area contributed by atoms with Crippen LogP contribution in [0.2, 0.25) is 38.2 Å². The maximum atomic E-state index is 16.0. The molecule has 8 rings (SSSR count). The minimum absolute atomic E-state index is 0.0577. The summed E-state index contributed by atoms with van der Waals surface area (Å²) in [6.45, 7) is 12.2. The summed E-state index contributed by atoms with van der Waals surface area (Å²) in [7, 11) is 0.175. The van der Waals surface area contributed by atoms with Crippen LogP contribution in [0.4, 0.5) is 10.5 Å². The maximum Gasteiger partial charge on any atom is 0.408 e. The molecule has 502 valence electrons. The summed E-state index contributed by atoms with van der Waals surface area (Å²) in [4.78, 5) is 118. The highest BCUT2D eigenvalue weighted by molar-refractivity contribution is 9.10. The maximum absolute atomic E-state index is 16.0. The number of phenols is 4. The molecule has 0 spiro atoms. The van der Waals surface area contributed by atoms with Crippen LogP contribution in [0.5, 0.6) is 34.5 Å². The quantitative estimate of drug-likeness (QED) is 0.0231. The van der Waals surface area contributed by atoms with Crippen molar-refractivity contribution in [2.75, 3.05) is 19.5 Å². The van der Waals surface area contributed by atoms with Gasteiger partial charge in [-0.05, 0) is 161 Å². The van der Waals surface area contributed by atoms with E-state index in [-0.39, 0.29) is 79.2 Å². The number of nitrogens with zero attached hydrogens (tertiary/aromatic N) is 1. The SMILES string of the molecule is CC[Si](C#CC[C@@H](NC(=O)OC(C)(C)C)C(=O)N[C@@H](C(=O)NC1C(=O)NC(c2cc(Cl)c(O)c(Cl)c2)C(=O)N(C)[C@H](C(=O)N[C@@H](C(=O)OC)c2ccc(O)cc2)Cc2ccc(cc2)Oc2cc1cc(-c1ccc(Br)c(NC(C)=O)c1)c2O)c1cc(Cl)c(O)c(Cl)c1)(CC)CC. The number of amides is 7. The van der Waals surface area contributed by atoms with E-state index in [1.807, 2.05) is 20.8 Å². The Balaban J connectivity index is 1.47. The molecule has 2 aliphatic heterocycles. The van der Waals surface area contributed by atoms with E-state index in [1.54, 1.807) is 45.0 Å². The van der Waals surface area contributed by atoms with Crippen LogP contribution in [0.3, 0.4) is 0 Å². The minimum atomic E-state index is -2.16. The number of ether oxygens (including phenoxy) is 3. The third kappa shape index (κ3) is 18.4. The molecule has 6 aromatic carbocycles. The topological polar surface area (TPSA) is 321 Å². The number of hydrogen-bond acceptors (Lipinski definition) is 15. The van der Waals surface area contributed by atoms with Crippen molar-refractivity contribution in [2.45, 2.75) is 121 Å². The van der Waals surface area contributed by atoms with Crippen LogP contribution in [0, 0.1) is 11.5 Å². The molecule has 0 radical (unpaired) electrons. The number of methoxy groups -OCH3 is 1. The van der Waals surface area contributed by atoms with Crippen molar-refractivity contribution < 1.29 is 73.0 Å².